The van der Waals surface area contributed by atoms with Gasteiger partial charge in [-0.1, -0.05) is 5.16 Å². The Morgan fingerprint density at radius 2 is 2.18 bits per heavy atom. The maximum atomic E-state index is 5.17. The number of rotatable bonds is 6. The highest BCUT2D eigenvalue weighted by molar-refractivity contribution is 5.39. The molecular weight excluding hydrogens is 278 g/mol. The molecule has 1 aliphatic carbocycles. The lowest BCUT2D eigenvalue weighted by atomic mass is 9.94. The van der Waals surface area contributed by atoms with Gasteiger partial charge < -0.3 is 14.7 Å². The van der Waals surface area contributed by atoms with Crippen molar-refractivity contribution < 1.29 is 4.52 Å². The summed E-state index contributed by atoms with van der Waals surface area (Å²) in [6.07, 6.45) is 4.26. The van der Waals surface area contributed by atoms with Crippen molar-refractivity contribution in [3.8, 4) is 0 Å². The lowest BCUT2D eigenvalue weighted by Gasteiger charge is -2.28. The second kappa shape index (κ2) is 5.68. The average molecular weight is 301 g/mol. The molecule has 6 nitrogen and oxygen atoms in total. The van der Waals surface area contributed by atoms with E-state index in [0.29, 0.717) is 11.8 Å². The van der Waals surface area contributed by atoms with E-state index in [1.807, 2.05) is 38.2 Å². The van der Waals surface area contributed by atoms with E-state index in [-0.39, 0.29) is 5.54 Å². The second-order valence-electron chi connectivity index (χ2n) is 6.38. The largest absolute Gasteiger partial charge is 0.363 e. The highest BCUT2D eigenvalue weighted by Gasteiger charge is 2.45. The molecule has 3 rings (SSSR count). The summed E-state index contributed by atoms with van der Waals surface area (Å²) >= 11 is 0. The second-order valence-corrected chi connectivity index (χ2v) is 6.38. The Balaban J connectivity index is 1.76. The molecule has 1 atom stereocenters. The van der Waals surface area contributed by atoms with Crippen molar-refractivity contribution in [3.05, 3.63) is 35.6 Å². The molecule has 1 aliphatic rings. The highest BCUT2D eigenvalue weighted by Crippen LogP contribution is 2.44. The summed E-state index contributed by atoms with van der Waals surface area (Å²) in [4.78, 5) is 10.8. The van der Waals surface area contributed by atoms with Crippen molar-refractivity contribution in [1.29, 1.82) is 0 Å². The van der Waals surface area contributed by atoms with Crippen LogP contribution in [0.25, 0.3) is 0 Å². The first-order chi connectivity index (χ1) is 10.5. The van der Waals surface area contributed by atoms with Gasteiger partial charge >= 0.3 is 0 Å². The minimum absolute atomic E-state index is 0.237. The lowest BCUT2D eigenvalue weighted by molar-refractivity contribution is 0.280. The van der Waals surface area contributed by atoms with Crippen LogP contribution in [0.4, 0.5) is 5.82 Å². The molecule has 1 unspecified atom stereocenters. The predicted octanol–water partition coefficient (Wildman–Crippen LogP) is 2.25. The van der Waals surface area contributed by atoms with E-state index in [2.05, 4.69) is 33.4 Å². The van der Waals surface area contributed by atoms with Crippen LogP contribution in [0.5, 0.6) is 0 Å². The molecule has 2 aromatic rings. The molecule has 0 amide bonds. The first-order valence-electron chi connectivity index (χ1n) is 7.67. The fraction of sp³-hybridized carbons (Fsp3) is 0.562. The van der Waals surface area contributed by atoms with Gasteiger partial charge in [0.2, 0.25) is 5.89 Å². The van der Waals surface area contributed by atoms with E-state index >= 15 is 0 Å². The quantitative estimate of drug-likeness (QED) is 0.882. The van der Waals surface area contributed by atoms with Crippen molar-refractivity contribution in [2.24, 2.45) is 5.92 Å². The van der Waals surface area contributed by atoms with Crippen molar-refractivity contribution in [2.45, 2.75) is 38.8 Å². The zero-order valence-corrected chi connectivity index (χ0v) is 13.6. The number of hydrogen-bond acceptors (Lipinski definition) is 6. The highest BCUT2D eigenvalue weighted by atomic mass is 16.5. The topological polar surface area (TPSA) is 67.1 Å². The van der Waals surface area contributed by atoms with Gasteiger partial charge in [-0.05, 0) is 43.4 Å². The summed E-state index contributed by atoms with van der Waals surface area (Å²) in [6, 6.07) is 4.14. The van der Waals surface area contributed by atoms with Crippen molar-refractivity contribution >= 4 is 5.82 Å². The Hall–Kier alpha value is -1.95. The Morgan fingerprint density at radius 3 is 2.77 bits per heavy atom. The Bertz CT molecular complexity index is 649. The van der Waals surface area contributed by atoms with Crippen LogP contribution in [0.2, 0.25) is 0 Å². The molecule has 0 radical (unpaired) electrons. The van der Waals surface area contributed by atoms with E-state index in [1.54, 1.807) is 0 Å². The maximum Gasteiger partial charge on any atom is 0.223 e. The molecule has 22 heavy (non-hydrogen) atoms. The molecular formula is C16H23N5O. The number of aromatic nitrogens is 3. The van der Waals surface area contributed by atoms with Crippen LogP contribution in [0.1, 0.15) is 37.0 Å². The monoisotopic (exact) mass is 301 g/mol. The minimum atomic E-state index is -0.237. The molecule has 0 bridgehead atoms. The first kappa shape index (κ1) is 15.0. The number of nitrogens with zero attached hydrogens (tertiary/aromatic N) is 4. The van der Waals surface area contributed by atoms with E-state index in [0.717, 1.165) is 18.2 Å². The molecule has 0 aromatic carbocycles. The Morgan fingerprint density at radius 1 is 1.41 bits per heavy atom. The summed E-state index contributed by atoms with van der Waals surface area (Å²) in [5.74, 6) is 2.90. The summed E-state index contributed by atoms with van der Waals surface area (Å²) < 4.78 is 5.17. The molecule has 0 spiro atoms. The van der Waals surface area contributed by atoms with Gasteiger partial charge in [-0.15, -0.1) is 0 Å². The normalized spacial score (nSPS) is 17.3. The predicted molar refractivity (Wildman–Crippen MR) is 84.5 cm³/mol. The van der Waals surface area contributed by atoms with E-state index in [4.69, 9.17) is 4.52 Å². The van der Waals surface area contributed by atoms with Crippen LogP contribution in [-0.4, -0.2) is 29.2 Å². The zero-order valence-electron chi connectivity index (χ0n) is 13.6. The van der Waals surface area contributed by atoms with Gasteiger partial charge in [0.05, 0.1) is 5.54 Å². The van der Waals surface area contributed by atoms with Crippen LogP contribution in [-0.2, 0) is 12.1 Å². The fourth-order valence-corrected chi connectivity index (χ4v) is 2.68. The van der Waals surface area contributed by atoms with Gasteiger partial charge in [0, 0.05) is 33.8 Å². The smallest absolute Gasteiger partial charge is 0.223 e. The summed E-state index contributed by atoms with van der Waals surface area (Å²) in [6.45, 7) is 4.75. The maximum absolute atomic E-state index is 5.17. The summed E-state index contributed by atoms with van der Waals surface area (Å²) in [5.41, 5.74) is 0.963. The van der Waals surface area contributed by atoms with Gasteiger partial charge in [-0.25, -0.2) is 4.98 Å². The molecule has 2 heterocycles. The van der Waals surface area contributed by atoms with Crippen LogP contribution >= 0.6 is 0 Å². The standard InChI is InChI=1S/C16H23N5O/c1-11-19-15(20-22-11)16(2,13-5-6-13)18-10-12-7-8-17-14(9-12)21(3)4/h7-9,13,18H,5-6,10H2,1-4H3. The van der Waals surface area contributed by atoms with Gasteiger partial charge in [-0.2, -0.15) is 4.98 Å². The van der Waals surface area contributed by atoms with Gasteiger partial charge in [-0.3, -0.25) is 0 Å². The Labute approximate surface area is 130 Å². The van der Waals surface area contributed by atoms with Crippen molar-refractivity contribution in [2.75, 3.05) is 19.0 Å². The van der Waals surface area contributed by atoms with E-state index in [1.165, 1.54) is 18.4 Å². The number of pyridine rings is 1. The summed E-state index contributed by atoms with van der Waals surface area (Å²) in [5, 5.41) is 7.78. The molecule has 118 valence electrons. The molecule has 1 N–H and O–H groups in total. The van der Waals surface area contributed by atoms with E-state index in [9.17, 15) is 0 Å². The molecule has 0 aliphatic heterocycles. The number of hydrogen-bond donors (Lipinski definition) is 1. The van der Waals surface area contributed by atoms with Crippen molar-refractivity contribution in [3.63, 3.8) is 0 Å². The van der Waals surface area contributed by atoms with Crippen LogP contribution < -0.4 is 10.2 Å². The third-order valence-electron chi connectivity index (χ3n) is 4.31. The SMILES string of the molecule is Cc1nc(C(C)(NCc2ccnc(N(C)C)c2)C2CC2)no1. The van der Waals surface area contributed by atoms with Crippen LogP contribution in [0.15, 0.2) is 22.9 Å². The lowest BCUT2D eigenvalue weighted by Crippen LogP contribution is -2.42. The number of anilines is 1. The summed E-state index contributed by atoms with van der Waals surface area (Å²) in [7, 11) is 3.99. The third-order valence-corrected chi connectivity index (χ3v) is 4.31. The van der Waals surface area contributed by atoms with Crippen molar-refractivity contribution in [1.82, 2.24) is 20.4 Å². The van der Waals surface area contributed by atoms with Gasteiger partial charge in [0.1, 0.15) is 5.82 Å². The Kier molecular flexibility index (Phi) is 3.87. The van der Waals surface area contributed by atoms with Crippen LogP contribution in [0, 0.1) is 12.8 Å². The number of nitrogens with one attached hydrogen (secondary N) is 1. The van der Waals surface area contributed by atoms with Crippen LogP contribution in [0.3, 0.4) is 0 Å². The third kappa shape index (κ3) is 2.97. The van der Waals surface area contributed by atoms with E-state index < -0.39 is 0 Å². The first-order valence-corrected chi connectivity index (χ1v) is 7.67. The molecule has 0 saturated heterocycles. The molecule has 1 fully saturated rings. The van der Waals surface area contributed by atoms with Gasteiger partial charge in [0.15, 0.2) is 5.82 Å². The fourth-order valence-electron chi connectivity index (χ4n) is 2.68. The average Bonchev–Trinajstić information content (AvgIpc) is 3.27. The molecule has 6 heteroatoms. The molecule has 1 saturated carbocycles. The molecule has 2 aromatic heterocycles. The minimum Gasteiger partial charge on any atom is -0.363 e. The zero-order chi connectivity index (χ0) is 15.7. The number of aryl methyl sites for hydroxylation is 1. The van der Waals surface area contributed by atoms with Gasteiger partial charge in [0.25, 0.3) is 0 Å².